The summed E-state index contributed by atoms with van der Waals surface area (Å²) >= 11 is 9.63. The van der Waals surface area contributed by atoms with E-state index in [4.69, 9.17) is 16.3 Å². The van der Waals surface area contributed by atoms with Gasteiger partial charge in [0.25, 0.3) is 0 Å². The molecule has 0 saturated carbocycles. The molecule has 2 aromatic rings. The summed E-state index contributed by atoms with van der Waals surface area (Å²) in [7, 11) is 0. The van der Waals surface area contributed by atoms with Crippen LogP contribution in [0.15, 0.2) is 47.2 Å². The normalized spacial score (nSPS) is 16.2. The van der Waals surface area contributed by atoms with E-state index in [0.717, 1.165) is 15.6 Å². The SMILES string of the molecule is O=C(/C=C/c1cccnc1)NCC1Cc2c(Br)ccc(Cl)c2O1. The molecule has 0 spiro atoms. The van der Waals surface area contributed by atoms with Gasteiger partial charge in [-0.3, -0.25) is 9.78 Å². The van der Waals surface area contributed by atoms with Crippen LogP contribution >= 0.6 is 27.5 Å². The predicted molar refractivity (Wildman–Crippen MR) is 93.6 cm³/mol. The Kier molecular flexibility index (Phi) is 4.98. The highest BCUT2D eigenvalue weighted by Gasteiger charge is 2.27. The Labute approximate surface area is 147 Å². The van der Waals surface area contributed by atoms with Gasteiger partial charge in [-0.25, -0.2) is 0 Å². The molecule has 1 amide bonds. The van der Waals surface area contributed by atoms with Gasteiger partial charge in [0.2, 0.25) is 5.91 Å². The third kappa shape index (κ3) is 3.92. The predicted octanol–water partition coefficient (Wildman–Crippen LogP) is 3.63. The zero-order valence-electron chi connectivity index (χ0n) is 12.1. The highest BCUT2D eigenvalue weighted by atomic mass is 79.9. The summed E-state index contributed by atoms with van der Waals surface area (Å²) in [6.07, 6.45) is 7.19. The molecule has 1 aromatic heterocycles. The van der Waals surface area contributed by atoms with Gasteiger partial charge in [-0.15, -0.1) is 0 Å². The number of aromatic nitrogens is 1. The topological polar surface area (TPSA) is 51.2 Å². The lowest BCUT2D eigenvalue weighted by Crippen LogP contribution is -2.33. The van der Waals surface area contributed by atoms with E-state index in [2.05, 4.69) is 26.2 Å². The van der Waals surface area contributed by atoms with E-state index in [9.17, 15) is 4.79 Å². The lowest BCUT2D eigenvalue weighted by Gasteiger charge is -2.11. The first kappa shape index (κ1) is 16.0. The summed E-state index contributed by atoms with van der Waals surface area (Å²) in [5.41, 5.74) is 1.92. The Morgan fingerprint density at radius 1 is 1.48 bits per heavy atom. The first-order valence-corrected chi connectivity index (χ1v) is 8.30. The standard InChI is InChI=1S/C17H14BrClN2O2/c18-14-4-5-15(19)17-13(14)8-12(23-17)10-21-16(22)6-3-11-2-1-7-20-9-11/h1-7,9,12H,8,10H2,(H,21,22)/b6-3+. The molecule has 3 rings (SSSR count). The zero-order chi connectivity index (χ0) is 16.2. The fourth-order valence-corrected chi connectivity index (χ4v) is 3.06. The minimum atomic E-state index is -0.168. The second kappa shape index (κ2) is 7.15. The molecule has 4 nitrogen and oxygen atoms in total. The van der Waals surface area contributed by atoms with Crippen LogP contribution in [-0.4, -0.2) is 23.5 Å². The number of hydrogen-bond donors (Lipinski definition) is 1. The molecule has 0 radical (unpaired) electrons. The number of rotatable bonds is 4. The minimum absolute atomic E-state index is 0.114. The molecule has 1 aromatic carbocycles. The van der Waals surface area contributed by atoms with Crippen molar-refractivity contribution in [1.82, 2.24) is 10.3 Å². The molecule has 0 bridgehead atoms. The lowest BCUT2D eigenvalue weighted by molar-refractivity contribution is -0.116. The van der Waals surface area contributed by atoms with E-state index in [0.29, 0.717) is 23.7 Å². The largest absolute Gasteiger partial charge is 0.486 e. The first-order valence-electron chi connectivity index (χ1n) is 7.13. The number of fused-ring (bicyclic) bond motifs is 1. The molecule has 1 atom stereocenters. The van der Waals surface area contributed by atoms with Crippen molar-refractivity contribution in [1.29, 1.82) is 0 Å². The second-order valence-corrected chi connectivity index (χ2v) is 6.41. The summed E-state index contributed by atoms with van der Waals surface area (Å²) < 4.78 is 6.80. The van der Waals surface area contributed by atoms with Gasteiger partial charge >= 0.3 is 0 Å². The van der Waals surface area contributed by atoms with Crippen LogP contribution in [0.25, 0.3) is 6.08 Å². The summed E-state index contributed by atoms with van der Waals surface area (Å²) in [4.78, 5) is 15.9. The van der Waals surface area contributed by atoms with Gasteiger partial charge in [-0.05, 0) is 29.8 Å². The Balaban J connectivity index is 1.54. The van der Waals surface area contributed by atoms with Crippen molar-refractivity contribution in [2.45, 2.75) is 12.5 Å². The van der Waals surface area contributed by atoms with Gasteiger partial charge in [0, 0.05) is 34.9 Å². The Morgan fingerprint density at radius 3 is 3.09 bits per heavy atom. The van der Waals surface area contributed by atoms with Gasteiger partial charge in [-0.2, -0.15) is 0 Å². The molecule has 0 saturated heterocycles. The molecule has 1 unspecified atom stereocenters. The average Bonchev–Trinajstić information content (AvgIpc) is 3.01. The number of ether oxygens (including phenoxy) is 1. The van der Waals surface area contributed by atoms with E-state index in [-0.39, 0.29) is 12.0 Å². The Hall–Kier alpha value is -1.85. The fourth-order valence-electron chi connectivity index (χ4n) is 2.36. The number of nitrogens with zero attached hydrogens (tertiary/aromatic N) is 1. The highest BCUT2D eigenvalue weighted by molar-refractivity contribution is 9.10. The summed E-state index contributed by atoms with van der Waals surface area (Å²) in [5, 5.41) is 3.43. The summed E-state index contributed by atoms with van der Waals surface area (Å²) in [5.74, 6) is 0.532. The molecular weight excluding hydrogens is 380 g/mol. The van der Waals surface area contributed by atoms with Crippen molar-refractivity contribution in [3.05, 3.63) is 63.4 Å². The molecule has 1 aliphatic rings. The Bertz CT molecular complexity index is 719. The number of hydrogen-bond acceptors (Lipinski definition) is 3. The fraction of sp³-hybridized carbons (Fsp3) is 0.176. The maximum atomic E-state index is 11.9. The summed E-state index contributed by atoms with van der Waals surface area (Å²) in [6.45, 7) is 0.424. The van der Waals surface area contributed by atoms with Crippen LogP contribution in [0, 0.1) is 0 Å². The van der Waals surface area contributed by atoms with Gasteiger partial charge in [0.15, 0.2) is 0 Å². The second-order valence-electron chi connectivity index (χ2n) is 5.15. The van der Waals surface area contributed by atoms with Crippen molar-refractivity contribution in [2.24, 2.45) is 0 Å². The van der Waals surface area contributed by atoms with Crippen molar-refractivity contribution in [3.8, 4) is 5.75 Å². The molecule has 118 valence electrons. The number of pyridine rings is 1. The van der Waals surface area contributed by atoms with E-state index in [1.165, 1.54) is 6.08 Å². The number of benzene rings is 1. The molecule has 1 aliphatic heterocycles. The monoisotopic (exact) mass is 392 g/mol. The van der Waals surface area contributed by atoms with Crippen LogP contribution < -0.4 is 10.1 Å². The van der Waals surface area contributed by atoms with Crippen LogP contribution in [0.5, 0.6) is 5.75 Å². The Morgan fingerprint density at radius 2 is 2.35 bits per heavy atom. The quantitative estimate of drug-likeness (QED) is 0.807. The van der Waals surface area contributed by atoms with Crippen LogP contribution in [0.4, 0.5) is 0 Å². The molecule has 0 aliphatic carbocycles. The van der Waals surface area contributed by atoms with Gasteiger partial charge in [0.05, 0.1) is 11.6 Å². The smallest absolute Gasteiger partial charge is 0.244 e. The number of halogens is 2. The van der Waals surface area contributed by atoms with E-state index < -0.39 is 0 Å². The number of carbonyl (C=O) groups is 1. The number of carbonyl (C=O) groups excluding carboxylic acids is 1. The molecule has 6 heteroatoms. The zero-order valence-corrected chi connectivity index (χ0v) is 14.5. The third-order valence-electron chi connectivity index (χ3n) is 3.49. The molecule has 0 fully saturated rings. The van der Waals surface area contributed by atoms with E-state index >= 15 is 0 Å². The van der Waals surface area contributed by atoms with Gasteiger partial charge in [0.1, 0.15) is 11.9 Å². The first-order chi connectivity index (χ1) is 11.1. The third-order valence-corrected chi connectivity index (χ3v) is 4.53. The minimum Gasteiger partial charge on any atom is -0.486 e. The van der Waals surface area contributed by atoms with Crippen LogP contribution in [-0.2, 0) is 11.2 Å². The van der Waals surface area contributed by atoms with Gasteiger partial charge in [-0.1, -0.05) is 33.6 Å². The maximum absolute atomic E-state index is 11.9. The number of nitrogens with one attached hydrogen (secondary N) is 1. The van der Waals surface area contributed by atoms with Crippen molar-refractivity contribution >= 4 is 39.5 Å². The van der Waals surface area contributed by atoms with Crippen LogP contribution in [0.3, 0.4) is 0 Å². The van der Waals surface area contributed by atoms with Crippen LogP contribution in [0.2, 0.25) is 5.02 Å². The average molecular weight is 394 g/mol. The molecule has 1 N–H and O–H groups in total. The van der Waals surface area contributed by atoms with Crippen molar-refractivity contribution in [3.63, 3.8) is 0 Å². The van der Waals surface area contributed by atoms with E-state index in [1.54, 1.807) is 24.5 Å². The van der Waals surface area contributed by atoms with Crippen molar-refractivity contribution < 1.29 is 9.53 Å². The molecule has 23 heavy (non-hydrogen) atoms. The van der Waals surface area contributed by atoms with E-state index in [1.807, 2.05) is 18.2 Å². The van der Waals surface area contributed by atoms with Crippen LogP contribution in [0.1, 0.15) is 11.1 Å². The highest BCUT2D eigenvalue weighted by Crippen LogP contribution is 2.39. The summed E-state index contributed by atoms with van der Waals surface area (Å²) in [6, 6.07) is 7.40. The maximum Gasteiger partial charge on any atom is 0.244 e. The molecular formula is C17H14BrClN2O2. The number of amides is 1. The molecule has 2 heterocycles. The van der Waals surface area contributed by atoms with Gasteiger partial charge < -0.3 is 10.1 Å². The van der Waals surface area contributed by atoms with Crippen molar-refractivity contribution in [2.75, 3.05) is 6.54 Å². The lowest BCUT2D eigenvalue weighted by atomic mass is 10.1.